The third-order valence-electron chi connectivity index (χ3n) is 3.31. The van der Waals surface area contributed by atoms with Crippen LogP contribution in [0.1, 0.15) is 30.5 Å². The van der Waals surface area contributed by atoms with Crippen LogP contribution in [0.5, 0.6) is 0 Å². The highest BCUT2D eigenvalue weighted by Gasteiger charge is 2.15. The summed E-state index contributed by atoms with van der Waals surface area (Å²) in [5.41, 5.74) is 8.34. The molecule has 0 amide bonds. The number of aryl methyl sites for hydroxylation is 1. The Hall–Kier alpha value is -1.85. The van der Waals surface area contributed by atoms with Crippen molar-refractivity contribution < 1.29 is 8.42 Å². The molecule has 0 saturated carbocycles. The van der Waals surface area contributed by atoms with Crippen molar-refractivity contribution in [2.45, 2.75) is 31.2 Å². The molecule has 0 heterocycles. The van der Waals surface area contributed by atoms with Crippen molar-refractivity contribution in [3.8, 4) is 0 Å². The first kappa shape index (κ1) is 15.5. The van der Waals surface area contributed by atoms with Gasteiger partial charge in [0.05, 0.1) is 4.90 Å². The van der Waals surface area contributed by atoms with Gasteiger partial charge in [-0.2, -0.15) is 0 Å². The van der Waals surface area contributed by atoms with Gasteiger partial charge in [0.15, 0.2) is 0 Å². The summed E-state index contributed by atoms with van der Waals surface area (Å²) >= 11 is 0. The third kappa shape index (κ3) is 3.83. The predicted molar refractivity (Wildman–Crippen MR) is 85.6 cm³/mol. The molecule has 2 rings (SSSR count). The Bertz CT molecular complexity index is 727. The fourth-order valence-corrected chi connectivity index (χ4v) is 3.17. The largest absolute Gasteiger partial charge is 0.324 e. The van der Waals surface area contributed by atoms with Crippen LogP contribution in [0.4, 0.5) is 5.69 Å². The first-order valence-corrected chi connectivity index (χ1v) is 8.35. The molecule has 0 spiro atoms. The summed E-state index contributed by atoms with van der Waals surface area (Å²) in [6.07, 6.45) is 0.759. The van der Waals surface area contributed by atoms with E-state index in [4.69, 9.17) is 5.73 Å². The van der Waals surface area contributed by atoms with Crippen molar-refractivity contribution in [1.82, 2.24) is 0 Å². The monoisotopic (exact) mass is 304 g/mol. The van der Waals surface area contributed by atoms with Gasteiger partial charge in [0.1, 0.15) is 0 Å². The lowest BCUT2D eigenvalue weighted by molar-refractivity contribution is 0.600. The molecule has 2 aromatic rings. The van der Waals surface area contributed by atoms with Crippen LogP contribution in [0.25, 0.3) is 0 Å². The highest BCUT2D eigenvalue weighted by molar-refractivity contribution is 7.92. The predicted octanol–water partition coefficient (Wildman–Crippen LogP) is 3.21. The maximum Gasteiger partial charge on any atom is 0.261 e. The topological polar surface area (TPSA) is 72.2 Å². The lowest BCUT2D eigenvalue weighted by Crippen LogP contribution is -2.15. The molecule has 0 bridgehead atoms. The molecule has 112 valence electrons. The summed E-state index contributed by atoms with van der Waals surface area (Å²) in [6.45, 7) is 3.88. The molecule has 0 aromatic heterocycles. The zero-order valence-electron chi connectivity index (χ0n) is 12.2. The number of anilines is 1. The van der Waals surface area contributed by atoms with Crippen molar-refractivity contribution >= 4 is 15.7 Å². The molecule has 0 fully saturated rings. The molecule has 0 radical (unpaired) electrons. The quantitative estimate of drug-likeness (QED) is 0.891. The third-order valence-corrected chi connectivity index (χ3v) is 4.69. The minimum absolute atomic E-state index is 0.154. The molecular weight excluding hydrogens is 284 g/mol. The Kier molecular flexibility index (Phi) is 4.65. The van der Waals surface area contributed by atoms with Crippen LogP contribution in [0.15, 0.2) is 53.4 Å². The van der Waals surface area contributed by atoms with E-state index < -0.39 is 10.0 Å². The zero-order valence-corrected chi connectivity index (χ0v) is 13.0. The number of rotatable bonds is 5. The Morgan fingerprint density at radius 1 is 1.14 bits per heavy atom. The maximum atomic E-state index is 12.4. The van der Waals surface area contributed by atoms with Crippen LogP contribution in [-0.2, 0) is 10.0 Å². The number of nitrogens with two attached hydrogens (primary N) is 1. The van der Waals surface area contributed by atoms with Crippen LogP contribution in [-0.4, -0.2) is 8.42 Å². The average Bonchev–Trinajstić information content (AvgIpc) is 2.46. The highest BCUT2D eigenvalue weighted by atomic mass is 32.2. The molecule has 0 aliphatic carbocycles. The van der Waals surface area contributed by atoms with Crippen molar-refractivity contribution in [1.29, 1.82) is 0 Å². The van der Waals surface area contributed by atoms with E-state index in [2.05, 4.69) is 4.72 Å². The van der Waals surface area contributed by atoms with Crippen molar-refractivity contribution in [3.63, 3.8) is 0 Å². The van der Waals surface area contributed by atoms with Crippen LogP contribution in [0, 0.1) is 6.92 Å². The molecule has 5 heteroatoms. The fourth-order valence-electron chi connectivity index (χ4n) is 2.07. The average molecular weight is 304 g/mol. The van der Waals surface area contributed by atoms with Gasteiger partial charge in [-0.3, -0.25) is 4.72 Å². The summed E-state index contributed by atoms with van der Waals surface area (Å²) in [4.78, 5) is 0.227. The van der Waals surface area contributed by atoms with Crippen LogP contribution in [0.2, 0.25) is 0 Å². The summed E-state index contributed by atoms with van der Waals surface area (Å²) in [7, 11) is -3.60. The second kappa shape index (κ2) is 6.28. The van der Waals surface area contributed by atoms with Crippen LogP contribution in [0.3, 0.4) is 0 Å². The van der Waals surface area contributed by atoms with Gasteiger partial charge >= 0.3 is 0 Å². The summed E-state index contributed by atoms with van der Waals surface area (Å²) in [5, 5.41) is 0. The van der Waals surface area contributed by atoms with E-state index in [1.807, 2.05) is 32.0 Å². The molecule has 0 aliphatic heterocycles. The molecule has 1 unspecified atom stereocenters. The van der Waals surface area contributed by atoms with Crippen LogP contribution >= 0.6 is 0 Å². The zero-order chi connectivity index (χ0) is 15.5. The molecular formula is C16H20N2O2S. The van der Waals surface area contributed by atoms with Crippen LogP contribution < -0.4 is 10.5 Å². The normalized spacial score (nSPS) is 12.9. The Labute approximate surface area is 126 Å². The lowest BCUT2D eigenvalue weighted by Gasteiger charge is -2.12. The van der Waals surface area contributed by atoms with Crippen molar-refractivity contribution in [3.05, 3.63) is 59.7 Å². The number of benzene rings is 2. The van der Waals surface area contributed by atoms with E-state index in [-0.39, 0.29) is 10.9 Å². The van der Waals surface area contributed by atoms with E-state index >= 15 is 0 Å². The van der Waals surface area contributed by atoms with E-state index in [1.54, 1.807) is 30.3 Å². The van der Waals surface area contributed by atoms with Gasteiger partial charge in [-0.05, 0) is 48.7 Å². The van der Waals surface area contributed by atoms with Gasteiger partial charge in [-0.25, -0.2) is 8.42 Å². The first-order valence-electron chi connectivity index (χ1n) is 6.87. The van der Waals surface area contributed by atoms with E-state index in [9.17, 15) is 8.42 Å². The van der Waals surface area contributed by atoms with Gasteiger partial charge in [0.2, 0.25) is 0 Å². The minimum atomic E-state index is -3.60. The van der Waals surface area contributed by atoms with Gasteiger partial charge in [-0.1, -0.05) is 31.2 Å². The summed E-state index contributed by atoms with van der Waals surface area (Å²) < 4.78 is 27.4. The van der Waals surface area contributed by atoms with Gasteiger partial charge < -0.3 is 5.73 Å². The molecule has 3 N–H and O–H groups in total. The Morgan fingerprint density at radius 2 is 1.86 bits per heavy atom. The Morgan fingerprint density at radius 3 is 2.52 bits per heavy atom. The highest BCUT2D eigenvalue weighted by Crippen LogP contribution is 2.21. The molecule has 0 aliphatic rings. The molecule has 1 atom stereocenters. The molecule has 2 aromatic carbocycles. The maximum absolute atomic E-state index is 12.4. The standard InChI is InChI=1S/C16H20N2O2S/c1-3-16(17)13-7-5-9-15(11-13)21(19,20)18-14-8-4-6-12(2)10-14/h4-11,16,18H,3,17H2,1-2H3. The number of hydrogen-bond acceptors (Lipinski definition) is 3. The second-order valence-corrected chi connectivity index (χ2v) is 6.74. The van der Waals surface area contributed by atoms with Crippen molar-refractivity contribution in [2.24, 2.45) is 5.73 Å². The SMILES string of the molecule is CCC(N)c1cccc(S(=O)(=O)Nc2cccc(C)c2)c1. The fraction of sp³-hybridized carbons (Fsp3) is 0.250. The van der Waals surface area contributed by atoms with E-state index in [0.29, 0.717) is 5.69 Å². The van der Waals surface area contributed by atoms with E-state index in [0.717, 1.165) is 17.5 Å². The summed E-state index contributed by atoms with van der Waals surface area (Å²) in [5.74, 6) is 0. The van der Waals surface area contributed by atoms with Gasteiger partial charge in [-0.15, -0.1) is 0 Å². The lowest BCUT2D eigenvalue weighted by atomic mass is 10.1. The summed E-state index contributed by atoms with van der Waals surface area (Å²) in [6, 6.07) is 13.9. The minimum Gasteiger partial charge on any atom is -0.324 e. The first-order chi connectivity index (χ1) is 9.92. The second-order valence-electron chi connectivity index (χ2n) is 5.06. The number of hydrogen-bond donors (Lipinski definition) is 2. The number of nitrogens with one attached hydrogen (secondary N) is 1. The van der Waals surface area contributed by atoms with E-state index in [1.165, 1.54) is 0 Å². The Balaban J connectivity index is 2.31. The van der Waals surface area contributed by atoms with Crippen molar-refractivity contribution in [2.75, 3.05) is 4.72 Å². The smallest absolute Gasteiger partial charge is 0.261 e. The molecule has 4 nitrogen and oxygen atoms in total. The number of sulfonamides is 1. The van der Waals surface area contributed by atoms with Gasteiger partial charge in [0, 0.05) is 11.7 Å². The van der Waals surface area contributed by atoms with Gasteiger partial charge in [0.25, 0.3) is 10.0 Å². The molecule has 21 heavy (non-hydrogen) atoms. The molecule has 0 saturated heterocycles.